The van der Waals surface area contributed by atoms with Crippen LogP contribution >= 0.6 is 0 Å². The zero-order chi connectivity index (χ0) is 15.6. The van der Waals surface area contributed by atoms with Crippen molar-refractivity contribution in [2.75, 3.05) is 5.43 Å². The smallest absolute Gasteiger partial charge is 0.254 e. The summed E-state index contributed by atoms with van der Waals surface area (Å²) in [5.41, 5.74) is 0.919. The zero-order valence-electron chi connectivity index (χ0n) is 10.1. The van der Waals surface area contributed by atoms with Crippen molar-refractivity contribution < 1.29 is 27.8 Å². The Morgan fingerprint density at radius 2 is 1.62 bits per heavy atom. The van der Waals surface area contributed by atoms with Gasteiger partial charge in [-0.05, 0) is 23.8 Å². The van der Waals surface area contributed by atoms with E-state index < -0.39 is 35.0 Å². The molecule has 0 fully saturated rings. The standard InChI is InChI=1S/C12H7F4N3O2/c13-8-10(9(14)12(16)18-11(8)15)19-17-4-5-1-2-6(20)7(21)3-5/h1-4,20-21H,(H,18,19)/b17-4+. The van der Waals surface area contributed by atoms with Gasteiger partial charge in [-0.3, -0.25) is 5.43 Å². The van der Waals surface area contributed by atoms with Crippen molar-refractivity contribution in [2.24, 2.45) is 5.10 Å². The Balaban J connectivity index is 2.23. The van der Waals surface area contributed by atoms with E-state index in [0.717, 1.165) is 18.3 Å². The zero-order valence-corrected chi connectivity index (χ0v) is 10.1. The lowest BCUT2D eigenvalue weighted by molar-refractivity contribution is 0.403. The Morgan fingerprint density at radius 1 is 1.00 bits per heavy atom. The average molecular weight is 301 g/mol. The predicted molar refractivity (Wildman–Crippen MR) is 65.1 cm³/mol. The number of rotatable bonds is 3. The van der Waals surface area contributed by atoms with E-state index in [0.29, 0.717) is 0 Å². The van der Waals surface area contributed by atoms with Crippen LogP contribution in [0.25, 0.3) is 0 Å². The lowest BCUT2D eigenvalue weighted by Crippen LogP contribution is -2.05. The molecule has 0 bridgehead atoms. The van der Waals surface area contributed by atoms with Gasteiger partial charge in [-0.15, -0.1) is 0 Å². The maximum Gasteiger partial charge on any atom is 0.254 e. The predicted octanol–water partition coefficient (Wildman–Crippen LogP) is 2.50. The Morgan fingerprint density at radius 3 is 2.19 bits per heavy atom. The molecule has 1 aromatic carbocycles. The number of phenolic OH excluding ortho intramolecular Hbond substituents is 2. The average Bonchev–Trinajstić information content (AvgIpc) is 2.44. The van der Waals surface area contributed by atoms with Crippen molar-refractivity contribution in [3.8, 4) is 11.5 Å². The molecule has 2 rings (SSSR count). The first kappa shape index (κ1) is 14.6. The number of phenols is 2. The lowest BCUT2D eigenvalue weighted by Gasteiger charge is -2.04. The Bertz CT molecular complexity index is 696. The summed E-state index contributed by atoms with van der Waals surface area (Å²) in [6, 6.07) is 3.60. The summed E-state index contributed by atoms with van der Waals surface area (Å²) in [6.07, 6.45) is 1.01. The minimum Gasteiger partial charge on any atom is -0.504 e. The van der Waals surface area contributed by atoms with Gasteiger partial charge in [-0.1, -0.05) is 0 Å². The molecule has 0 spiro atoms. The van der Waals surface area contributed by atoms with Crippen molar-refractivity contribution in [3.05, 3.63) is 47.3 Å². The van der Waals surface area contributed by atoms with E-state index in [1.807, 2.05) is 0 Å². The molecule has 0 aliphatic rings. The summed E-state index contributed by atoms with van der Waals surface area (Å²) >= 11 is 0. The SMILES string of the molecule is Oc1ccc(/C=N/Nc2c(F)c(F)nc(F)c2F)cc1O. The first-order chi connectivity index (χ1) is 9.90. The molecule has 21 heavy (non-hydrogen) atoms. The number of pyridine rings is 1. The monoisotopic (exact) mass is 301 g/mol. The van der Waals surface area contributed by atoms with Crippen molar-refractivity contribution in [1.82, 2.24) is 4.98 Å². The van der Waals surface area contributed by atoms with Crippen molar-refractivity contribution >= 4 is 11.9 Å². The third kappa shape index (κ3) is 3.02. The molecular weight excluding hydrogens is 294 g/mol. The molecule has 0 saturated heterocycles. The highest BCUT2D eigenvalue weighted by molar-refractivity contribution is 5.81. The summed E-state index contributed by atoms with van der Waals surface area (Å²) in [5, 5.41) is 21.7. The minimum atomic E-state index is -1.81. The van der Waals surface area contributed by atoms with Crippen LogP contribution in [0.4, 0.5) is 23.2 Å². The van der Waals surface area contributed by atoms with E-state index in [-0.39, 0.29) is 11.3 Å². The second-order valence-corrected chi connectivity index (χ2v) is 3.81. The van der Waals surface area contributed by atoms with Crippen LogP contribution in [-0.2, 0) is 0 Å². The maximum absolute atomic E-state index is 13.2. The molecule has 110 valence electrons. The highest BCUT2D eigenvalue weighted by atomic mass is 19.2. The van der Waals surface area contributed by atoms with E-state index in [4.69, 9.17) is 5.11 Å². The molecule has 0 aliphatic heterocycles. The Kier molecular flexibility index (Phi) is 3.92. The van der Waals surface area contributed by atoms with E-state index >= 15 is 0 Å². The van der Waals surface area contributed by atoms with Gasteiger partial charge in [0.2, 0.25) is 11.6 Å². The molecule has 9 heteroatoms. The first-order valence-corrected chi connectivity index (χ1v) is 5.41. The number of nitrogens with one attached hydrogen (secondary N) is 1. The number of hydrogen-bond acceptors (Lipinski definition) is 5. The van der Waals surface area contributed by atoms with Crippen molar-refractivity contribution in [3.63, 3.8) is 0 Å². The number of hydrazone groups is 1. The molecule has 3 N–H and O–H groups in total. The van der Waals surface area contributed by atoms with E-state index in [2.05, 4.69) is 10.1 Å². The van der Waals surface area contributed by atoms with Gasteiger partial charge in [-0.2, -0.15) is 27.6 Å². The molecule has 0 atom stereocenters. The van der Waals surface area contributed by atoms with Gasteiger partial charge in [0, 0.05) is 0 Å². The largest absolute Gasteiger partial charge is 0.504 e. The minimum absolute atomic E-state index is 0.258. The van der Waals surface area contributed by atoms with Gasteiger partial charge in [0.05, 0.1) is 6.21 Å². The van der Waals surface area contributed by atoms with Crippen molar-refractivity contribution in [1.29, 1.82) is 0 Å². The normalized spacial score (nSPS) is 11.0. The van der Waals surface area contributed by atoms with Gasteiger partial charge < -0.3 is 10.2 Å². The summed E-state index contributed by atoms with van der Waals surface area (Å²) in [5.74, 6) is -7.87. The fourth-order valence-corrected chi connectivity index (χ4v) is 1.38. The maximum atomic E-state index is 13.2. The van der Waals surface area contributed by atoms with Crippen LogP contribution in [-0.4, -0.2) is 21.4 Å². The van der Waals surface area contributed by atoms with Gasteiger partial charge in [-0.25, -0.2) is 0 Å². The molecule has 1 heterocycles. The van der Waals surface area contributed by atoms with Gasteiger partial charge in [0.15, 0.2) is 11.5 Å². The van der Waals surface area contributed by atoms with Gasteiger partial charge >= 0.3 is 0 Å². The molecule has 0 radical (unpaired) electrons. The molecule has 2 aromatic rings. The Hall–Kier alpha value is -2.84. The molecule has 0 unspecified atom stereocenters. The van der Waals surface area contributed by atoms with Crippen LogP contribution < -0.4 is 5.43 Å². The highest BCUT2D eigenvalue weighted by Gasteiger charge is 2.20. The van der Waals surface area contributed by atoms with Gasteiger partial charge in [0.25, 0.3) is 11.9 Å². The molecular formula is C12H7F4N3O2. The number of benzene rings is 1. The van der Waals surface area contributed by atoms with Crippen LogP contribution in [0.1, 0.15) is 5.56 Å². The van der Waals surface area contributed by atoms with Crippen molar-refractivity contribution in [2.45, 2.75) is 0 Å². The number of anilines is 1. The van der Waals surface area contributed by atoms with Crippen LogP contribution in [0.3, 0.4) is 0 Å². The molecule has 0 saturated carbocycles. The summed E-state index contributed by atoms with van der Waals surface area (Å²) in [7, 11) is 0. The fraction of sp³-hybridized carbons (Fsp3) is 0. The van der Waals surface area contributed by atoms with Crippen LogP contribution in [0, 0.1) is 23.5 Å². The number of hydrogen-bond donors (Lipinski definition) is 3. The quantitative estimate of drug-likeness (QED) is 0.268. The molecule has 1 aromatic heterocycles. The summed E-state index contributed by atoms with van der Waals surface area (Å²) in [4.78, 5) is 2.38. The third-order valence-electron chi connectivity index (χ3n) is 2.39. The van der Waals surface area contributed by atoms with E-state index in [9.17, 15) is 22.7 Å². The molecule has 0 amide bonds. The second kappa shape index (κ2) is 5.65. The summed E-state index contributed by atoms with van der Waals surface area (Å²) in [6.45, 7) is 0. The number of aromatic nitrogens is 1. The van der Waals surface area contributed by atoms with Crippen LogP contribution in [0.2, 0.25) is 0 Å². The number of nitrogens with zero attached hydrogens (tertiary/aromatic N) is 2. The first-order valence-electron chi connectivity index (χ1n) is 5.41. The van der Waals surface area contributed by atoms with E-state index in [1.54, 1.807) is 5.43 Å². The summed E-state index contributed by atoms with van der Waals surface area (Å²) < 4.78 is 52.1. The van der Waals surface area contributed by atoms with Gasteiger partial charge in [0.1, 0.15) is 5.69 Å². The molecule has 0 aliphatic carbocycles. The fourth-order valence-electron chi connectivity index (χ4n) is 1.38. The van der Waals surface area contributed by atoms with E-state index in [1.165, 1.54) is 6.07 Å². The second-order valence-electron chi connectivity index (χ2n) is 3.81. The van der Waals surface area contributed by atoms with Crippen LogP contribution in [0.15, 0.2) is 23.3 Å². The van der Waals surface area contributed by atoms with Crippen LogP contribution in [0.5, 0.6) is 11.5 Å². The Labute approximate surface area is 115 Å². The lowest BCUT2D eigenvalue weighted by atomic mass is 10.2. The highest BCUT2D eigenvalue weighted by Crippen LogP contribution is 2.24. The molecule has 5 nitrogen and oxygen atoms in total. The number of aromatic hydroxyl groups is 2. The topological polar surface area (TPSA) is 77.7 Å². The number of halogens is 4. The third-order valence-corrected chi connectivity index (χ3v) is 2.39.